The summed E-state index contributed by atoms with van der Waals surface area (Å²) in [6.07, 6.45) is 8.87. The third-order valence-electron chi connectivity index (χ3n) is 4.13. The number of nitrogens with one attached hydrogen (secondary N) is 2. The summed E-state index contributed by atoms with van der Waals surface area (Å²) in [4.78, 5) is 4.58. The van der Waals surface area contributed by atoms with Crippen LogP contribution in [0, 0.1) is 0 Å². The van der Waals surface area contributed by atoms with Crippen LogP contribution in [0.2, 0.25) is 0 Å². The van der Waals surface area contributed by atoms with Crippen LogP contribution in [0.4, 0.5) is 0 Å². The van der Waals surface area contributed by atoms with E-state index in [0.717, 1.165) is 51.6 Å². The Morgan fingerprint density at radius 1 is 0.920 bits per heavy atom. The number of guanidine groups is 1. The van der Waals surface area contributed by atoms with Crippen LogP contribution < -0.4 is 10.6 Å². The number of rotatable bonds is 15. The van der Waals surface area contributed by atoms with Crippen LogP contribution in [-0.2, 0) is 14.2 Å². The lowest BCUT2D eigenvalue weighted by atomic mass is 10.3. The van der Waals surface area contributed by atoms with Crippen molar-refractivity contribution in [3.63, 3.8) is 0 Å². The lowest BCUT2D eigenvalue weighted by Crippen LogP contribution is -2.39. The molecule has 6 heteroatoms. The molecule has 0 heterocycles. The highest BCUT2D eigenvalue weighted by molar-refractivity contribution is 5.79. The summed E-state index contributed by atoms with van der Waals surface area (Å²) in [5, 5.41) is 6.55. The minimum atomic E-state index is 0.499. The lowest BCUT2D eigenvalue weighted by Gasteiger charge is -2.12. The average molecular weight is 358 g/mol. The number of unbranched alkanes of at least 4 members (excludes halogenated alkanes) is 1. The number of hydrogen-bond donors (Lipinski definition) is 2. The zero-order chi connectivity index (χ0) is 18.0. The van der Waals surface area contributed by atoms with Crippen LogP contribution >= 0.6 is 0 Å². The molecule has 148 valence electrons. The van der Waals surface area contributed by atoms with Crippen molar-refractivity contribution in [3.05, 3.63) is 0 Å². The zero-order valence-electron chi connectivity index (χ0n) is 16.4. The second kappa shape index (κ2) is 16.6. The molecule has 0 aromatic rings. The predicted molar refractivity (Wildman–Crippen MR) is 103 cm³/mol. The maximum atomic E-state index is 5.86. The Labute approximate surface area is 154 Å². The van der Waals surface area contributed by atoms with E-state index in [9.17, 15) is 0 Å². The number of aliphatic imine (C=N–C) groups is 1. The lowest BCUT2D eigenvalue weighted by molar-refractivity contribution is 0.0487. The molecular formula is C19H39N3O3. The van der Waals surface area contributed by atoms with E-state index in [1.54, 1.807) is 0 Å². The summed E-state index contributed by atoms with van der Waals surface area (Å²) in [5.74, 6) is 0.853. The highest BCUT2D eigenvalue weighted by Gasteiger charge is 2.14. The van der Waals surface area contributed by atoms with Crippen molar-refractivity contribution < 1.29 is 14.2 Å². The van der Waals surface area contributed by atoms with Crippen molar-refractivity contribution >= 4 is 5.96 Å². The molecule has 0 unspecified atom stereocenters. The van der Waals surface area contributed by atoms with Gasteiger partial charge in [0, 0.05) is 32.8 Å². The molecule has 0 aromatic heterocycles. The number of nitrogens with zero attached hydrogens (tertiary/aromatic N) is 1. The first kappa shape index (κ1) is 22.2. The van der Waals surface area contributed by atoms with Gasteiger partial charge in [-0.1, -0.05) is 26.2 Å². The number of ether oxygens (including phenoxy) is 3. The fraction of sp³-hybridized carbons (Fsp3) is 0.947. The van der Waals surface area contributed by atoms with Gasteiger partial charge in [0.05, 0.1) is 25.9 Å². The van der Waals surface area contributed by atoms with Crippen molar-refractivity contribution in [1.29, 1.82) is 0 Å². The van der Waals surface area contributed by atoms with Crippen LogP contribution in [0.5, 0.6) is 0 Å². The van der Waals surface area contributed by atoms with E-state index >= 15 is 0 Å². The Hall–Kier alpha value is -0.850. The standard InChI is InChI=1S/C19H39N3O3/c1-3-5-13-23-16-17-24-15-12-22-19(20-4-2)21-11-8-14-25-18-9-6-7-10-18/h18H,3-17H2,1-2H3,(H2,20,21,22). The van der Waals surface area contributed by atoms with E-state index in [1.165, 1.54) is 32.1 Å². The van der Waals surface area contributed by atoms with Gasteiger partial charge in [-0.05, 0) is 32.6 Å². The van der Waals surface area contributed by atoms with E-state index in [-0.39, 0.29) is 0 Å². The monoisotopic (exact) mass is 357 g/mol. The Kier molecular flexibility index (Phi) is 14.7. The highest BCUT2D eigenvalue weighted by atomic mass is 16.5. The molecule has 0 aromatic carbocycles. The Balaban J connectivity index is 1.98. The summed E-state index contributed by atoms with van der Waals surface area (Å²) < 4.78 is 16.9. The van der Waals surface area contributed by atoms with Crippen molar-refractivity contribution in [1.82, 2.24) is 10.6 Å². The predicted octanol–water partition coefficient (Wildman–Crippen LogP) is 2.72. The third-order valence-corrected chi connectivity index (χ3v) is 4.13. The average Bonchev–Trinajstić information content (AvgIpc) is 3.13. The van der Waals surface area contributed by atoms with Crippen molar-refractivity contribution in [2.75, 3.05) is 52.7 Å². The van der Waals surface area contributed by atoms with E-state index in [1.807, 2.05) is 0 Å². The van der Waals surface area contributed by atoms with Gasteiger partial charge in [0.15, 0.2) is 5.96 Å². The van der Waals surface area contributed by atoms with Gasteiger partial charge in [-0.15, -0.1) is 0 Å². The normalized spacial score (nSPS) is 15.7. The van der Waals surface area contributed by atoms with Crippen molar-refractivity contribution in [2.24, 2.45) is 4.99 Å². The van der Waals surface area contributed by atoms with E-state index in [0.29, 0.717) is 25.9 Å². The molecule has 2 N–H and O–H groups in total. The largest absolute Gasteiger partial charge is 0.379 e. The zero-order valence-corrected chi connectivity index (χ0v) is 16.4. The van der Waals surface area contributed by atoms with Crippen molar-refractivity contribution in [2.45, 2.75) is 64.9 Å². The minimum absolute atomic E-state index is 0.499. The van der Waals surface area contributed by atoms with Crippen molar-refractivity contribution in [3.8, 4) is 0 Å². The summed E-state index contributed by atoms with van der Waals surface area (Å²) in [7, 11) is 0. The van der Waals surface area contributed by atoms with Gasteiger partial charge < -0.3 is 24.8 Å². The van der Waals surface area contributed by atoms with Gasteiger partial charge in [-0.3, -0.25) is 4.99 Å². The molecule has 1 aliphatic carbocycles. The quantitative estimate of drug-likeness (QED) is 0.268. The molecule has 0 amide bonds. The van der Waals surface area contributed by atoms with Crippen LogP contribution in [0.3, 0.4) is 0 Å². The molecule has 0 aliphatic heterocycles. The molecule has 1 rings (SSSR count). The molecular weight excluding hydrogens is 318 g/mol. The van der Waals surface area contributed by atoms with E-state index < -0.39 is 0 Å². The first-order chi connectivity index (χ1) is 12.4. The summed E-state index contributed by atoms with van der Waals surface area (Å²) >= 11 is 0. The summed E-state index contributed by atoms with van der Waals surface area (Å²) in [6.45, 7) is 10.3. The van der Waals surface area contributed by atoms with Crippen LogP contribution in [0.1, 0.15) is 58.8 Å². The molecule has 1 fully saturated rings. The topological polar surface area (TPSA) is 64.1 Å². The van der Waals surface area contributed by atoms with Gasteiger partial charge in [-0.2, -0.15) is 0 Å². The summed E-state index contributed by atoms with van der Waals surface area (Å²) in [5.41, 5.74) is 0. The van der Waals surface area contributed by atoms with Crippen LogP contribution in [0.15, 0.2) is 4.99 Å². The van der Waals surface area contributed by atoms with Crippen LogP contribution in [-0.4, -0.2) is 64.7 Å². The molecule has 0 spiro atoms. The maximum Gasteiger partial charge on any atom is 0.191 e. The molecule has 0 radical (unpaired) electrons. The molecule has 1 aliphatic rings. The number of hydrogen-bond acceptors (Lipinski definition) is 4. The fourth-order valence-corrected chi connectivity index (χ4v) is 2.71. The molecule has 1 saturated carbocycles. The smallest absolute Gasteiger partial charge is 0.191 e. The second-order valence-electron chi connectivity index (χ2n) is 6.40. The van der Waals surface area contributed by atoms with Gasteiger partial charge in [-0.25, -0.2) is 0 Å². The van der Waals surface area contributed by atoms with Gasteiger partial charge in [0.2, 0.25) is 0 Å². The van der Waals surface area contributed by atoms with Gasteiger partial charge >= 0.3 is 0 Å². The second-order valence-corrected chi connectivity index (χ2v) is 6.40. The van der Waals surface area contributed by atoms with E-state index in [4.69, 9.17) is 14.2 Å². The Morgan fingerprint density at radius 3 is 2.40 bits per heavy atom. The summed E-state index contributed by atoms with van der Waals surface area (Å²) in [6, 6.07) is 0. The Bertz CT molecular complexity index is 321. The molecule has 6 nitrogen and oxygen atoms in total. The Morgan fingerprint density at radius 2 is 1.68 bits per heavy atom. The van der Waals surface area contributed by atoms with E-state index in [2.05, 4.69) is 29.5 Å². The maximum absolute atomic E-state index is 5.86. The van der Waals surface area contributed by atoms with Crippen LogP contribution in [0.25, 0.3) is 0 Å². The minimum Gasteiger partial charge on any atom is -0.379 e. The highest BCUT2D eigenvalue weighted by Crippen LogP contribution is 2.20. The SMILES string of the molecule is CCCCOCCOCCNC(=NCCCOC1CCCC1)NCC. The fourth-order valence-electron chi connectivity index (χ4n) is 2.71. The van der Waals surface area contributed by atoms with Gasteiger partial charge in [0.25, 0.3) is 0 Å². The molecule has 0 saturated heterocycles. The first-order valence-electron chi connectivity index (χ1n) is 10.2. The molecule has 0 bridgehead atoms. The van der Waals surface area contributed by atoms with Gasteiger partial charge in [0.1, 0.15) is 0 Å². The first-order valence-corrected chi connectivity index (χ1v) is 10.2. The molecule has 25 heavy (non-hydrogen) atoms. The third kappa shape index (κ3) is 13.1. The molecule has 0 atom stereocenters.